The molecule has 0 spiro atoms. The van der Waals surface area contributed by atoms with Crippen LogP contribution in [0, 0.1) is 0 Å². The lowest BCUT2D eigenvalue weighted by atomic mass is 9.94. The molecule has 8 atom stereocenters. The first-order valence-corrected chi connectivity index (χ1v) is 10.6. The van der Waals surface area contributed by atoms with Gasteiger partial charge in [0.15, 0.2) is 0 Å². The third-order valence-corrected chi connectivity index (χ3v) is 6.05. The Morgan fingerprint density at radius 2 is 1.36 bits per heavy atom. The van der Waals surface area contributed by atoms with Crippen LogP contribution in [-0.4, -0.2) is 89.3 Å². The molecule has 0 aromatic rings. The van der Waals surface area contributed by atoms with Gasteiger partial charge in [-0.1, -0.05) is 0 Å². The summed E-state index contributed by atoms with van der Waals surface area (Å²) in [6.07, 6.45) is -3.51. The minimum atomic E-state index is -4.55. The summed E-state index contributed by atoms with van der Waals surface area (Å²) >= 11 is 0. The van der Waals surface area contributed by atoms with Crippen molar-refractivity contribution < 1.29 is 51.2 Å². The van der Waals surface area contributed by atoms with Crippen LogP contribution in [0.15, 0.2) is 0 Å². The van der Waals surface area contributed by atoms with E-state index in [9.17, 15) is 18.9 Å². The molecule has 2 heterocycles. The van der Waals surface area contributed by atoms with Crippen LogP contribution in [0.1, 0.15) is 0 Å². The fourth-order valence-corrected chi connectivity index (χ4v) is 4.52. The van der Waals surface area contributed by atoms with E-state index in [-0.39, 0.29) is 19.2 Å². The highest BCUT2D eigenvalue weighted by Gasteiger charge is 2.47. The van der Waals surface area contributed by atoms with Crippen molar-refractivity contribution >= 4 is 31.3 Å². The van der Waals surface area contributed by atoms with Crippen molar-refractivity contribution in [2.24, 2.45) is 0 Å². The first-order valence-electron chi connectivity index (χ1n) is 7.61. The van der Waals surface area contributed by atoms with Crippen molar-refractivity contribution in [2.45, 2.75) is 36.4 Å². The van der Waals surface area contributed by atoms with Crippen LogP contribution in [0.5, 0.6) is 0 Å². The molecule has 2 saturated heterocycles. The van der Waals surface area contributed by atoms with E-state index in [0.717, 1.165) is 7.11 Å². The molecule has 2 rings (SSSR count). The predicted molar refractivity (Wildman–Crippen MR) is 88.6 cm³/mol. The number of hydrogen-bond donors (Lipinski definition) is 2. The maximum atomic E-state index is 12.3. The highest BCUT2D eigenvalue weighted by molar-refractivity contribution is 7.47. The summed E-state index contributed by atoms with van der Waals surface area (Å²) in [4.78, 5) is 19.5. The van der Waals surface area contributed by atoms with Crippen molar-refractivity contribution in [2.75, 3.05) is 27.4 Å². The van der Waals surface area contributed by atoms with Crippen molar-refractivity contribution in [3.05, 3.63) is 0 Å². The number of ether oxygens (including phenoxy) is 3. The van der Waals surface area contributed by atoms with E-state index in [4.69, 9.17) is 27.8 Å². The third-order valence-electron chi connectivity index (χ3n) is 4.00. The lowest BCUT2D eigenvalue weighted by molar-refractivity contribution is -0.0134. The first kappa shape index (κ1) is 21.5. The molecule has 2 aliphatic heterocycles. The van der Waals surface area contributed by atoms with Gasteiger partial charge < -0.3 is 24.0 Å². The minimum Gasteiger partial charge on any atom is -0.382 e. The summed E-state index contributed by atoms with van der Waals surface area (Å²) in [6.45, 7) is -0.0379. The van der Waals surface area contributed by atoms with E-state index in [0.29, 0.717) is 0 Å². The van der Waals surface area contributed by atoms with Gasteiger partial charge in [-0.2, -0.15) is 0 Å². The molecule has 4 unspecified atom stereocenters. The van der Waals surface area contributed by atoms with Crippen molar-refractivity contribution in [1.82, 2.24) is 0 Å². The summed E-state index contributed by atoms with van der Waals surface area (Å²) in [6, 6.07) is -0.968. The average molecular weight is 402 g/mol. The molecule has 0 aromatic carbocycles. The molecule has 2 aliphatic rings. The van der Waals surface area contributed by atoms with Gasteiger partial charge in [-0.05, 0) is 0 Å². The largest absolute Gasteiger partial charge is 0.473 e. The Morgan fingerprint density at radius 3 is 1.88 bits per heavy atom. The van der Waals surface area contributed by atoms with Gasteiger partial charge in [0.05, 0.1) is 25.2 Å². The maximum absolute atomic E-state index is 12.3. The molecule has 0 amide bonds. The Morgan fingerprint density at radius 1 is 0.880 bits per heavy atom. The molecule has 11 nitrogen and oxygen atoms in total. The smallest absolute Gasteiger partial charge is 0.382 e. The molecule has 2 fully saturated rings. The number of methoxy groups -OCH3 is 1. The molecular formula is C10H22B2O11P2. The Hall–Kier alpha value is 0.230. The third kappa shape index (κ3) is 5.60. The zero-order chi connectivity index (χ0) is 18.8. The fraction of sp³-hybridized carbons (Fsp3) is 1.00. The molecule has 2 N–H and O–H groups in total. The molecule has 144 valence electrons. The Labute approximate surface area is 147 Å². The summed E-state index contributed by atoms with van der Waals surface area (Å²) in [5.41, 5.74) is 0. The van der Waals surface area contributed by atoms with Crippen LogP contribution in [-0.2, 0) is 41.4 Å². The average Bonchev–Trinajstić information content (AvgIpc) is 3.03. The second-order valence-electron chi connectivity index (χ2n) is 5.75. The Kier molecular flexibility index (Phi) is 7.32. The standard InChI is InChI=1S/C10H22B2O11P2/c1-17-7-5(3-19-9(7)11)22-25(15,16)23-8-6(4-20-10(8)12)21-24(13,14)18-2/h5-10H,3-4,11-12H2,1-2H3,(H,13,14)(H,15,16)/t5?,6?,7-,8-,9+,10+/m0/s1. The molecule has 0 bridgehead atoms. The van der Waals surface area contributed by atoms with Crippen molar-refractivity contribution in [1.29, 1.82) is 0 Å². The minimum absolute atomic E-state index is 0.0692. The van der Waals surface area contributed by atoms with Gasteiger partial charge in [0.2, 0.25) is 0 Å². The van der Waals surface area contributed by atoms with Crippen LogP contribution in [0.3, 0.4) is 0 Å². The molecule has 0 aromatic heterocycles. The van der Waals surface area contributed by atoms with Crippen molar-refractivity contribution in [3.63, 3.8) is 0 Å². The molecule has 0 radical (unpaired) electrons. The van der Waals surface area contributed by atoms with Gasteiger partial charge in [-0.15, -0.1) is 0 Å². The number of phosphoric acid groups is 2. The SMILES string of the molecule is B[C@@H]1OCC(OP(=O)(O)O[C@H]2C(OP(=O)(O)OC)CO[C@H]2B)[C@@H]1OC. The van der Waals surface area contributed by atoms with E-state index in [1.54, 1.807) is 15.7 Å². The number of hydrogen-bond acceptors (Lipinski definition) is 9. The zero-order valence-electron chi connectivity index (χ0n) is 14.3. The zero-order valence-corrected chi connectivity index (χ0v) is 16.1. The number of rotatable bonds is 8. The lowest BCUT2D eigenvalue weighted by Crippen LogP contribution is -2.36. The van der Waals surface area contributed by atoms with Gasteiger partial charge in [0, 0.05) is 14.2 Å². The van der Waals surface area contributed by atoms with E-state index in [2.05, 4.69) is 4.52 Å². The highest BCUT2D eigenvalue weighted by Crippen LogP contribution is 2.51. The summed E-state index contributed by atoms with van der Waals surface area (Å²) in [5, 5.41) is 0. The van der Waals surface area contributed by atoms with Crippen LogP contribution in [0.2, 0.25) is 0 Å². The van der Waals surface area contributed by atoms with E-state index >= 15 is 0 Å². The fourth-order valence-electron chi connectivity index (χ4n) is 2.72. The van der Waals surface area contributed by atoms with Gasteiger partial charge in [0.25, 0.3) is 0 Å². The van der Waals surface area contributed by atoms with E-state index in [1.807, 2.05) is 0 Å². The summed E-state index contributed by atoms with van der Waals surface area (Å²) < 4.78 is 59.3. The van der Waals surface area contributed by atoms with Crippen molar-refractivity contribution in [3.8, 4) is 0 Å². The molecule has 15 heteroatoms. The second kappa shape index (κ2) is 8.50. The highest BCUT2D eigenvalue weighted by atomic mass is 31.2. The van der Waals surface area contributed by atoms with Gasteiger partial charge in [0.1, 0.15) is 40.1 Å². The summed E-state index contributed by atoms with van der Waals surface area (Å²) in [7, 11) is -3.10. The monoisotopic (exact) mass is 402 g/mol. The number of phosphoric ester groups is 2. The van der Waals surface area contributed by atoms with Crippen LogP contribution < -0.4 is 0 Å². The Bertz CT molecular complexity index is 551. The first-order chi connectivity index (χ1) is 11.6. The molecular weight excluding hydrogens is 380 g/mol. The van der Waals surface area contributed by atoms with E-state index < -0.39 is 46.1 Å². The predicted octanol–water partition coefficient (Wildman–Crippen LogP) is -2.02. The summed E-state index contributed by atoms with van der Waals surface area (Å²) in [5.74, 6) is 0. The molecule has 0 saturated carbocycles. The van der Waals surface area contributed by atoms with Gasteiger partial charge in [-0.3, -0.25) is 18.1 Å². The van der Waals surface area contributed by atoms with Crippen LogP contribution >= 0.6 is 15.6 Å². The Balaban J connectivity index is 2.02. The lowest BCUT2D eigenvalue weighted by Gasteiger charge is -2.27. The molecule has 25 heavy (non-hydrogen) atoms. The normalized spacial score (nSPS) is 40.6. The topological polar surface area (TPSA) is 139 Å². The van der Waals surface area contributed by atoms with Gasteiger partial charge >= 0.3 is 15.6 Å². The van der Waals surface area contributed by atoms with Crippen LogP contribution in [0.4, 0.5) is 0 Å². The van der Waals surface area contributed by atoms with Gasteiger partial charge in [-0.25, -0.2) is 9.13 Å². The molecule has 0 aliphatic carbocycles. The quantitative estimate of drug-likeness (QED) is 0.344. The van der Waals surface area contributed by atoms with Crippen LogP contribution in [0.25, 0.3) is 0 Å². The second-order valence-corrected chi connectivity index (χ2v) is 8.63. The maximum Gasteiger partial charge on any atom is 0.473 e. The van der Waals surface area contributed by atoms with E-state index in [1.165, 1.54) is 7.11 Å².